The van der Waals surface area contributed by atoms with Gasteiger partial charge in [0.2, 0.25) is 0 Å². The number of ether oxygens (including phenoxy) is 1. The maximum absolute atomic E-state index is 12.5. The Labute approximate surface area is 192 Å². The third-order valence-electron chi connectivity index (χ3n) is 4.24. The molecule has 0 aliphatic heterocycles. The van der Waals surface area contributed by atoms with Gasteiger partial charge in [-0.1, -0.05) is 70.0 Å². The minimum Gasteiger partial charge on any atom is -0.501 e. The van der Waals surface area contributed by atoms with Gasteiger partial charge in [-0.25, -0.2) is 0 Å². The van der Waals surface area contributed by atoms with E-state index in [4.69, 9.17) is 9.57 Å². The van der Waals surface area contributed by atoms with Gasteiger partial charge in [0.25, 0.3) is 5.91 Å². The van der Waals surface area contributed by atoms with Gasteiger partial charge < -0.3 is 14.9 Å². The average molecular weight is 481 g/mol. The van der Waals surface area contributed by atoms with Gasteiger partial charge >= 0.3 is 0 Å². The highest BCUT2D eigenvalue weighted by Crippen LogP contribution is 2.22. The highest BCUT2D eigenvalue weighted by atomic mass is 79.9. The zero-order valence-corrected chi connectivity index (χ0v) is 19.5. The molecule has 0 saturated carbocycles. The average Bonchev–Trinajstić information content (AvgIpc) is 2.78. The number of amides is 1. The summed E-state index contributed by atoms with van der Waals surface area (Å²) >= 11 is 3.43. The fourth-order valence-corrected chi connectivity index (χ4v) is 3.02. The van der Waals surface area contributed by atoms with Gasteiger partial charge in [0, 0.05) is 34.6 Å². The second-order valence-electron chi connectivity index (χ2n) is 6.51. The lowest BCUT2D eigenvalue weighted by Crippen LogP contribution is -2.20. The van der Waals surface area contributed by atoms with Crippen LogP contribution in [0.25, 0.3) is 5.57 Å². The summed E-state index contributed by atoms with van der Waals surface area (Å²) in [7, 11) is 3.15. The van der Waals surface area contributed by atoms with Crippen molar-refractivity contribution in [2.75, 3.05) is 14.2 Å². The molecule has 0 radical (unpaired) electrons. The minimum atomic E-state index is -0.198. The van der Waals surface area contributed by atoms with Gasteiger partial charge in [-0.15, -0.1) is 0 Å². The SMILES string of the molecule is C=C(C/C=C(\C(=O)NC)c1ccccc1CO/N=C(\C)C#Cc1cccc(Br)c1)OC. The number of hydrogen-bond acceptors (Lipinski definition) is 4. The van der Waals surface area contributed by atoms with Crippen LogP contribution in [0.15, 0.2) is 76.6 Å². The van der Waals surface area contributed by atoms with Crippen LogP contribution in [0.1, 0.15) is 30.0 Å². The molecule has 31 heavy (non-hydrogen) atoms. The summed E-state index contributed by atoms with van der Waals surface area (Å²) in [5.74, 6) is 6.39. The summed E-state index contributed by atoms with van der Waals surface area (Å²) in [5, 5.41) is 6.76. The number of carbonyl (C=O) groups is 1. The van der Waals surface area contributed by atoms with Crippen LogP contribution in [0.3, 0.4) is 0 Å². The number of nitrogens with one attached hydrogen (secondary N) is 1. The largest absolute Gasteiger partial charge is 0.501 e. The number of nitrogens with zero attached hydrogens (tertiary/aromatic N) is 1. The molecule has 0 spiro atoms. The van der Waals surface area contributed by atoms with Gasteiger partial charge in [-0.05, 0) is 36.6 Å². The molecule has 0 aliphatic rings. The maximum atomic E-state index is 12.5. The molecule has 0 heterocycles. The third kappa shape index (κ3) is 7.80. The molecule has 0 fully saturated rings. The molecule has 2 aromatic carbocycles. The number of benzene rings is 2. The fourth-order valence-electron chi connectivity index (χ4n) is 2.62. The number of allylic oxidation sites excluding steroid dienone is 1. The Bertz CT molecular complexity index is 1060. The third-order valence-corrected chi connectivity index (χ3v) is 4.73. The van der Waals surface area contributed by atoms with E-state index in [9.17, 15) is 4.79 Å². The normalized spacial score (nSPS) is 11.2. The van der Waals surface area contributed by atoms with Crippen LogP contribution in [-0.4, -0.2) is 25.8 Å². The number of carbonyl (C=O) groups excluding carboxylic acids is 1. The van der Waals surface area contributed by atoms with E-state index in [1.165, 1.54) is 0 Å². The second-order valence-corrected chi connectivity index (χ2v) is 7.43. The molecule has 0 unspecified atom stereocenters. The van der Waals surface area contributed by atoms with Crippen molar-refractivity contribution in [2.24, 2.45) is 5.16 Å². The van der Waals surface area contributed by atoms with Crippen molar-refractivity contribution in [2.45, 2.75) is 20.0 Å². The molecular formula is C25H25BrN2O3. The van der Waals surface area contributed by atoms with Gasteiger partial charge in [-0.3, -0.25) is 4.79 Å². The topological polar surface area (TPSA) is 59.9 Å². The number of hydrogen-bond donors (Lipinski definition) is 1. The number of halogens is 1. The summed E-state index contributed by atoms with van der Waals surface area (Å²) in [5.41, 5.74) is 3.55. The molecule has 2 aromatic rings. The van der Waals surface area contributed by atoms with E-state index in [2.05, 4.69) is 44.8 Å². The zero-order chi connectivity index (χ0) is 22.6. The predicted molar refractivity (Wildman–Crippen MR) is 128 cm³/mol. The minimum absolute atomic E-state index is 0.198. The van der Waals surface area contributed by atoms with E-state index < -0.39 is 0 Å². The number of oxime groups is 1. The Morgan fingerprint density at radius 1 is 1.26 bits per heavy atom. The first kappa shape index (κ1) is 24.0. The Morgan fingerprint density at radius 2 is 2.03 bits per heavy atom. The monoisotopic (exact) mass is 480 g/mol. The van der Waals surface area contributed by atoms with Crippen LogP contribution < -0.4 is 5.32 Å². The highest BCUT2D eigenvalue weighted by molar-refractivity contribution is 9.10. The van der Waals surface area contributed by atoms with Gasteiger partial charge in [0.15, 0.2) is 0 Å². The van der Waals surface area contributed by atoms with E-state index in [-0.39, 0.29) is 12.5 Å². The molecule has 1 amide bonds. The Balaban J connectivity index is 2.16. The quantitative estimate of drug-likeness (QED) is 0.188. The molecule has 1 N–H and O–H groups in total. The lowest BCUT2D eigenvalue weighted by Gasteiger charge is -2.12. The van der Waals surface area contributed by atoms with Crippen molar-refractivity contribution < 1.29 is 14.4 Å². The molecule has 0 bridgehead atoms. The van der Waals surface area contributed by atoms with Gasteiger partial charge in [0.05, 0.1) is 12.9 Å². The van der Waals surface area contributed by atoms with Crippen molar-refractivity contribution in [1.82, 2.24) is 5.32 Å². The molecule has 6 heteroatoms. The zero-order valence-electron chi connectivity index (χ0n) is 17.9. The first-order valence-electron chi connectivity index (χ1n) is 9.61. The van der Waals surface area contributed by atoms with Crippen molar-refractivity contribution in [3.63, 3.8) is 0 Å². The fraction of sp³-hybridized carbons (Fsp3) is 0.200. The molecule has 5 nitrogen and oxygen atoms in total. The van der Waals surface area contributed by atoms with Gasteiger partial charge in [0.1, 0.15) is 12.3 Å². The van der Waals surface area contributed by atoms with E-state index in [0.29, 0.717) is 23.5 Å². The first-order chi connectivity index (χ1) is 14.9. The lowest BCUT2D eigenvalue weighted by atomic mass is 9.98. The summed E-state index contributed by atoms with van der Waals surface area (Å²) in [6.45, 7) is 5.78. The first-order valence-corrected chi connectivity index (χ1v) is 10.4. The summed E-state index contributed by atoms with van der Waals surface area (Å²) < 4.78 is 6.07. The van der Waals surface area contributed by atoms with Gasteiger partial charge in [-0.2, -0.15) is 0 Å². The van der Waals surface area contributed by atoms with E-state index >= 15 is 0 Å². The number of methoxy groups -OCH3 is 1. The second kappa shape index (κ2) is 12.4. The van der Waals surface area contributed by atoms with Crippen molar-refractivity contribution >= 4 is 33.1 Å². The van der Waals surface area contributed by atoms with E-state index in [1.807, 2.05) is 48.5 Å². The van der Waals surface area contributed by atoms with E-state index in [0.717, 1.165) is 21.2 Å². The van der Waals surface area contributed by atoms with Crippen molar-refractivity contribution in [1.29, 1.82) is 0 Å². The molecule has 2 rings (SSSR count). The molecule has 0 atom stereocenters. The van der Waals surface area contributed by atoms with Crippen LogP contribution in [0.5, 0.6) is 0 Å². The molecule has 160 valence electrons. The van der Waals surface area contributed by atoms with E-state index in [1.54, 1.807) is 27.2 Å². The van der Waals surface area contributed by atoms with Crippen molar-refractivity contribution in [3.8, 4) is 11.8 Å². The lowest BCUT2D eigenvalue weighted by molar-refractivity contribution is -0.115. The van der Waals surface area contributed by atoms with Crippen LogP contribution in [0.4, 0.5) is 0 Å². The molecule has 0 aliphatic carbocycles. The van der Waals surface area contributed by atoms with Crippen LogP contribution in [0, 0.1) is 11.8 Å². The summed E-state index contributed by atoms with van der Waals surface area (Å²) in [4.78, 5) is 18.0. The molecular weight excluding hydrogens is 456 g/mol. The summed E-state index contributed by atoms with van der Waals surface area (Å²) in [6.07, 6.45) is 2.22. The van der Waals surface area contributed by atoms with Crippen LogP contribution in [-0.2, 0) is 21.0 Å². The smallest absolute Gasteiger partial charge is 0.251 e. The number of likely N-dealkylation sites (N-methyl/N-ethyl adjacent to an activating group) is 1. The highest BCUT2D eigenvalue weighted by Gasteiger charge is 2.14. The molecule has 0 aromatic heterocycles. The standard InChI is InChI=1S/C25H25BrN2O3/c1-18(12-14-20-8-7-10-22(26)16-20)28-31-17-21-9-5-6-11-23(21)24(25(29)27-3)15-13-19(2)30-4/h5-11,15-16H,2,13,17H2,1,3-4H3,(H,27,29)/b24-15-,28-18+. The Kier molecular flexibility index (Phi) is 9.60. The summed E-state index contributed by atoms with van der Waals surface area (Å²) in [6, 6.07) is 15.3. The number of rotatable bonds is 8. The van der Waals surface area contributed by atoms with Crippen LogP contribution in [0.2, 0.25) is 0 Å². The predicted octanol–water partition coefficient (Wildman–Crippen LogP) is 5.07. The maximum Gasteiger partial charge on any atom is 0.251 e. The Morgan fingerprint density at radius 3 is 2.74 bits per heavy atom. The van der Waals surface area contributed by atoms with Crippen molar-refractivity contribution in [3.05, 3.63) is 88.1 Å². The Hall–Kier alpha value is -3.30. The molecule has 0 saturated heterocycles. The van der Waals surface area contributed by atoms with Crippen LogP contribution >= 0.6 is 15.9 Å².